The van der Waals surface area contributed by atoms with E-state index >= 15 is 0 Å². The molecule has 1 aromatic heterocycles. The molecule has 1 aliphatic rings. The molecule has 0 spiro atoms. The molecule has 0 bridgehead atoms. The Balaban J connectivity index is 1.19. The van der Waals surface area contributed by atoms with Crippen molar-refractivity contribution >= 4 is 23.1 Å². The lowest BCUT2D eigenvalue weighted by Gasteiger charge is -2.35. The van der Waals surface area contributed by atoms with Crippen LogP contribution in [0.25, 0.3) is 16.9 Å². The van der Waals surface area contributed by atoms with E-state index in [0.29, 0.717) is 19.2 Å². The second kappa shape index (κ2) is 14.5. The van der Waals surface area contributed by atoms with Crippen LogP contribution in [0.4, 0.5) is 18.9 Å². The largest absolute Gasteiger partial charge is 0.507 e. The number of nitrogens with zero attached hydrogens (tertiary/aromatic N) is 3. The number of carbonyl (C=O) groups is 2. The molecule has 1 N–H and O–H groups in total. The van der Waals surface area contributed by atoms with Crippen molar-refractivity contribution in [3.8, 4) is 11.1 Å². The van der Waals surface area contributed by atoms with Crippen LogP contribution in [0.3, 0.4) is 0 Å². The number of piperazine rings is 1. The van der Waals surface area contributed by atoms with Crippen LogP contribution in [0.5, 0.6) is 0 Å². The summed E-state index contributed by atoms with van der Waals surface area (Å²) in [6.07, 6.45) is 1.69. The molecule has 10 heteroatoms. The van der Waals surface area contributed by atoms with E-state index in [4.69, 9.17) is 0 Å². The van der Waals surface area contributed by atoms with Crippen molar-refractivity contribution in [2.45, 2.75) is 13.0 Å². The van der Waals surface area contributed by atoms with Gasteiger partial charge in [-0.25, -0.2) is 13.2 Å². The van der Waals surface area contributed by atoms with Crippen LogP contribution in [-0.4, -0.2) is 52.4 Å². The first-order valence-electron chi connectivity index (χ1n) is 15.7. The fourth-order valence-electron chi connectivity index (χ4n) is 5.89. The third kappa shape index (κ3) is 7.49. The van der Waals surface area contributed by atoms with Crippen molar-refractivity contribution in [3.63, 3.8) is 0 Å². The van der Waals surface area contributed by atoms with Gasteiger partial charge in [-0.3, -0.25) is 14.4 Å². The average Bonchev–Trinajstić information content (AvgIpc) is 3.12. The standard InChI is InChI=1S/C39H32F3N3O4/c40-33-10-5-4-9-29(33)25-45-24-26(21-31-34(41)11-6-12-35(31)42)22-32(38(45)48)36(46)23-37(47)39(49)44-19-17-43(18-20-44)30-15-13-28(14-16-30)27-7-2-1-3-8-27/h1-16,22-24,46H,17-21,25H2/b36-23+. The van der Waals surface area contributed by atoms with Gasteiger partial charge in [-0.15, -0.1) is 0 Å². The predicted molar refractivity (Wildman–Crippen MR) is 182 cm³/mol. The highest BCUT2D eigenvalue weighted by molar-refractivity contribution is 6.41. The molecule has 0 unspecified atom stereocenters. The maximum Gasteiger partial charge on any atom is 0.294 e. The lowest BCUT2D eigenvalue weighted by Crippen LogP contribution is -2.50. The maximum absolute atomic E-state index is 14.5. The Bertz CT molecular complexity index is 2070. The van der Waals surface area contributed by atoms with Gasteiger partial charge in [0.25, 0.3) is 11.5 Å². The van der Waals surface area contributed by atoms with Crippen molar-refractivity contribution in [2.24, 2.45) is 0 Å². The number of aliphatic hydroxyl groups is 1. The maximum atomic E-state index is 14.5. The summed E-state index contributed by atoms with van der Waals surface area (Å²) in [6.45, 7) is 1.23. The number of benzene rings is 4. The first-order valence-corrected chi connectivity index (χ1v) is 15.7. The smallest absolute Gasteiger partial charge is 0.294 e. The van der Waals surface area contributed by atoms with E-state index in [-0.39, 0.29) is 48.3 Å². The molecular weight excluding hydrogens is 631 g/mol. The number of carbonyl (C=O) groups excluding carboxylic acids is 2. The number of halogens is 3. The molecule has 4 aromatic carbocycles. The van der Waals surface area contributed by atoms with Gasteiger partial charge in [-0.2, -0.15) is 0 Å². The van der Waals surface area contributed by atoms with Gasteiger partial charge in [-0.1, -0.05) is 66.7 Å². The SMILES string of the molecule is O=C(/C=C(/O)c1cc(Cc2c(F)cccc2F)cn(Cc2ccccc2F)c1=O)C(=O)N1CCN(c2ccc(-c3ccccc3)cc2)CC1. The van der Waals surface area contributed by atoms with Crippen LogP contribution < -0.4 is 10.5 Å². The van der Waals surface area contributed by atoms with Crippen LogP contribution in [0.2, 0.25) is 0 Å². The minimum Gasteiger partial charge on any atom is -0.507 e. The van der Waals surface area contributed by atoms with Crippen molar-refractivity contribution in [3.05, 3.63) is 165 Å². The second-order valence-electron chi connectivity index (χ2n) is 11.7. The number of hydrogen-bond acceptors (Lipinski definition) is 5. The molecule has 0 radical (unpaired) electrons. The quantitative estimate of drug-likeness (QED) is 0.112. The number of rotatable bonds is 9. The average molecular weight is 664 g/mol. The summed E-state index contributed by atoms with van der Waals surface area (Å²) in [6, 6.07) is 28.5. The summed E-state index contributed by atoms with van der Waals surface area (Å²) in [5.74, 6) is -4.87. The van der Waals surface area contributed by atoms with Gasteiger partial charge in [0.1, 0.15) is 23.2 Å². The van der Waals surface area contributed by atoms with Gasteiger partial charge in [0.05, 0.1) is 12.1 Å². The molecule has 1 fully saturated rings. The lowest BCUT2D eigenvalue weighted by atomic mass is 10.0. The molecule has 248 valence electrons. The van der Waals surface area contributed by atoms with E-state index in [0.717, 1.165) is 33.5 Å². The summed E-state index contributed by atoms with van der Waals surface area (Å²) >= 11 is 0. The third-order valence-electron chi connectivity index (χ3n) is 8.54. The fourth-order valence-corrected chi connectivity index (χ4v) is 5.89. The van der Waals surface area contributed by atoms with Crippen LogP contribution in [0.15, 0.2) is 120 Å². The van der Waals surface area contributed by atoms with E-state index in [1.807, 2.05) is 54.6 Å². The number of aliphatic hydroxyl groups excluding tert-OH is 1. The number of pyridine rings is 1. The van der Waals surface area contributed by atoms with E-state index in [1.165, 1.54) is 41.4 Å². The zero-order valence-corrected chi connectivity index (χ0v) is 26.4. The van der Waals surface area contributed by atoms with Gasteiger partial charge >= 0.3 is 0 Å². The van der Waals surface area contributed by atoms with Gasteiger partial charge in [-0.05, 0) is 53.1 Å². The van der Waals surface area contributed by atoms with E-state index in [9.17, 15) is 32.7 Å². The van der Waals surface area contributed by atoms with Crippen molar-refractivity contribution < 1.29 is 27.9 Å². The topological polar surface area (TPSA) is 82.8 Å². The fraction of sp³-hybridized carbons (Fsp3) is 0.154. The summed E-state index contributed by atoms with van der Waals surface area (Å²) in [7, 11) is 0. The Hall–Kier alpha value is -5.90. The predicted octanol–water partition coefficient (Wildman–Crippen LogP) is 6.39. The Morgan fingerprint density at radius 1 is 0.735 bits per heavy atom. The Morgan fingerprint density at radius 3 is 2.02 bits per heavy atom. The highest BCUT2D eigenvalue weighted by Gasteiger charge is 2.26. The summed E-state index contributed by atoms with van der Waals surface area (Å²) in [5, 5.41) is 11.0. The molecule has 1 amide bonds. The zero-order valence-electron chi connectivity index (χ0n) is 26.4. The molecule has 7 nitrogen and oxygen atoms in total. The first-order chi connectivity index (χ1) is 23.7. The monoisotopic (exact) mass is 663 g/mol. The highest BCUT2D eigenvalue weighted by Crippen LogP contribution is 2.24. The molecule has 2 heterocycles. The minimum atomic E-state index is -1.04. The number of ketones is 1. The Labute approximate surface area is 280 Å². The van der Waals surface area contributed by atoms with Crippen molar-refractivity contribution in [1.29, 1.82) is 0 Å². The minimum absolute atomic E-state index is 0.158. The molecule has 1 saturated heterocycles. The first kappa shape index (κ1) is 33.0. The zero-order chi connectivity index (χ0) is 34.5. The Morgan fingerprint density at radius 2 is 1.35 bits per heavy atom. The molecular formula is C39H32F3N3O4. The van der Waals surface area contributed by atoms with Gasteiger partial charge in [0.2, 0.25) is 5.78 Å². The molecule has 0 aliphatic carbocycles. The van der Waals surface area contributed by atoms with Crippen LogP contribution in [-0.2, 0) is 22.6 Å². The summed E-state index contributed by atoms with van der Waals surface area (Å²) < 4.78 is 44.6. The van der Waals surface area contributed by atoms with Crippen molar-refractivity contribution in [2.75, 3.05) is 31.1 Å². The van der Waals surface area contributed by atoms with Gasteiger partial charge < -0.3 is 19.5 Å². The normalized spacial score (nSPS) is 13.4. The number of amides is 1. The number of aromatic nitrogens is 1. The second-order valence-corrected chi connectivity index (χ2v) is 11.7. The molecule has 5 aromatic rings. The number of hydrogen-bond donors (Lipinski definition) is 1. The molecule has 6 rings (SSSR count). The van der Waals surface area contributed by atoms with E-state index in [2.05, 4.69) is 4.90 Å². The molecule has 1 aliphatic heterocycles. The van der Waals surface area contributed by atoms with Crippen LogP contribution in [0, 0.1) is 17.5 Å². The molecule has 0 saturated carbocycles. The highest BCUT2D eigenvalue weighted by atomic mass is 19.1. The van der Waals surface area contributed by atoms with E-state index < -0.39 is 40.5 Å². The Kier molecular flexibility index (Phi) is 9.75. The summed E-state index contributed by atoms with van der Waals surface area (Å²) in [5.41, 5.74) is 2.10. The molecule has 49 heavy (non-hydrogen) atoms. The van der Waals surface area contributed by atoms with Crippen LogP contribution in [0.1, 0.15) is 22.3 Å². The van der Waals surface area contributed by atoms with E-state index in [1.54, 1.807) is 6.07 Å². The number of anilines is 1. The molecule has 0 atom stereocenters. The van der Waals surface area contributed by atoms with Gasteiger partial charge in [0, 0.05) is 61.7 Å². The van der Waals surface area contributed by atoms with Crippen molar-refractivity contribution in [1.82, 2.24) is 9.47 Å². The van der Waals surface area contributed by atoms with Crippen LogP contribution >= 0.6 is 0 Å². The third-order valence-corrected chi connectivity index (χ3v) is 8.54. The van der Waals surface area contributed by atoms with Gasteiger partial charge in [0.15, 0.2) is 0 Å². The lowest BCUT2D eigenvalue weighted by molar-refractivity contribution is -0.142. The summed E-state index contributed by atoms with van der Waals surface area (Å²) in [4.78, 5) is 43.1.